The van der Waals surface area contributed by atoms with Gasteiger partial charge in [0.25, 0.3) is 0 Å². The van der Waals surface area contributed by atoms with Gasteiger partial charge in [-0.2, -0.15) is 4.31 Å². The van der Waals surface area contributed by atoms with Gasteiger partial charge in [0.05, 0.1) is 11.0 Å². The van der Waals surface area contributed by atoms with Gasteiger partial charge in [-0.15, -0.1) is 0 Å². The molecule has 2 aliphatic heterocycles. The number of piperidine rings is 1. The molecule has 2 aliphatic rings. The van der Waals surface area contributed by atoms with Crippen molar-refractivity contribution in [3.63, 3.8) is 0 Å². The van der Waals surface area contributed by atoms with Crippen LogP contribution in [0.2, 0.25) is 0 Å². The SMILES string of the molecule is Cc1ccc(S(=O)(=O)N2CCCC(O)C2)c2c1NCCC2. The number of benzene rings is 1. The van der Waals surface area contributed by atoms with Crippen molar-refractivity contribution in [3.8, 4) is 0 Å². The highest BCUT2D eigenvalue weighted by molar-refractivity contribution is 7.89. The number of fused-ring (bicyclic) bond motifs is 1. The Kier molecular flexibility index (Phi) is 3.94. The molecule has 2 heterocycles. The average Bonchev–Trinajstić information content (AvgIpc) is 2.47. The van der Waals surface area contributed by atoms with Gasteiger partial charge in [-0.05, 0) is 49.8 Å². The molecule has 0 radical (unpaired) electrons. The molecule has 116 valence electrons. The Labute approximate surface area is 126 Å². The summed E-state index contributed by atoms with van der Waals surface area (Å²) in [6, 6.07) is 3.59. The van der Waals surface area contributed by atoms with Crippen molar-refractivity contribution >= 4 is 15.7 Å². The number of nitrogens with zero attached hydrogens (tertiary/aromatic N) is 1. The van der Waals surface area contributed by atoms with Crippen LogP contribution in [0.4, 0.5) is 5.69 Å². The maximum absolute atomic E-state index is 12.9. The fourth-order valence-electron chi connectivity index (χ4n) is 3.24. The van der Waals surface area contributed by atoms with Crippen molar-refractivity contribution in [2.75, 3.05) is 25.0 Å². The van der Waals surface area contributed by atoms with Gasteiger partial charge < -0.3 is 10.4 Å². The number of aryl methyl sites for hydroxylation is 1. The lowest BCUT2D eigenvalue weighted by atomic mass is 10.00. The normalized spacial score (nSPS) is 23.4. The zero-order valence-corrected chi connectivity index (χ0v) is 13.1. The molecule has 6 heteroatoms. The largest absolute Gasteiger partial charge is 0.392 e. The van der Waals surface area contributed by atoms with Gasteiger partial charge in [0.1, 0.15) is 0 Å². The average molecular weight is 310 g/mol. The van der Waals surface area contributed by atoms with Crippen molar-refractivity contribution in [1.29, 1.82) is 0 Å². The molecule has 3 rings (SSSR count). The summed E-state index contributed by atoms with van der Waals surface area (Å²) in [4.78, 5) is 0.407. The number of anilines is 1. The van der Waals surface area contributed by atoms with Crippen molar-refractivity contribution < 1.29 is 13.5 Å². The molecule has 2 N–H and O–H groups in total. The number of nitrogens with one attached hydrogen (secondary N) is 1. The lowest BCUT2D eigenvalue weighted by Crippen LogP contribution is -2.42. The summed E-state index contributed by atoms with van der Waals surface area (Å²) in [6.45, 7) is 3.59. The summed E-state index contributed by atoms with van der Waals surface area (Å²) in [5, 5.41) is 13.1. The molecule has 1 unspecified atom stereocenters. The standard InChI is InChI=1S/C15H22N2O3S/c1-11-6-7-14(13-5-2-8-16-15(11)13)21(19,20)17-9-3-4-12(18)10-17/h6-7,12,16,18H,2-5,8-10H2,1H3. The topological polar surface area (TPSA) is 69.6 Å². The van der Waals surface area contributed by atoms with E-state index < -0.39 is 16.1 Å². The van der Waals surface area contributed by atoms with Crippen LogP contribution in [0.3, 0.4) is 0 Å². The minimum absolute atomic E-state index is 0.207. The van der Waals surface area contributed by atoms with Gasteiger partial charge in [-0.25, -0.2) is 8.42 Å². The van der Waals surface area contributed by atoms with Crippen molar-refractivity contribution in [1.82, 2.24) is 4.31 Å². The number of hydrogen-bond donors (Lipinski definition) is 2. The highest BCUT2D eigenvalue weighted by Crippen LogP contribution is 2.33. The Balaban J connectivity index is 2.03. The van der Waals surface area contributed by atoms with E-state index in [-0.39, 0.29) is 6.54 Å². The van der Waals surface area contributed by atoms with Crippen LogP contribution < -0.4 is 5.32 Å². The summed E-state index contributed by atoms with van der Waals surface area (Å²) in [7, 11) is -3.52. The predicted octanol–water partition coefficient (Wildman–Crippen LogP) is 1.50. The summed E-state index contributed by atoms with van der Waals surface area (Å²) in [5.41, 5.74) is 2.96. The van der Waals surface area contributed by atoms with E-state index in [1.807, 2.05) is 13.0 Å². The molecule has 0 spiro atoms. The fourth-order valence-corrected chi connectivity index (χ4v) is 5.01. The molecule has 1 atom stereocenters. The fraction of sp³-hybridized carbons (Fsp3) is 0.600. The van der Waals surface area contributed by atoms with E-state index >= 15 is 0 Å². The van der Waals surface area contributed by atoms with Crippen LogP contribution in [0.25, 0.3) is 0 Å². The van der Waals surface area contributed by atoms with Crippen LogP contribution in [0.5, 0.6) is 0 Å². The summed E-state index contributed by atoms with van der Waals surface area (Å²) in [6.07, 6.45) is 2.58. The second kappa shape index (κ2) is 5.59. The van der Waals surface area contributed by atoms with Crippen molar-refractivity contribution in [2.45, 2.75) is 43.6 Å². The minimum atomic E-state index is -3.52. The first-order valence-electron chi connectivity index (χ1n) is 7.54. The van der Waals surface area contributed by atoms with Gasteiger partial charge in [0.15, 0.2) is 0 Å². The molecule has 1 saturated heterocycles. The van der Waals surface area contributed by atoms with Crippen LogP contribution in [0, 0.1) is 6.92 Å². The first-order valence-corrected chi connectivity index (χ1v) is 8.99. The molecule has 0 amide bonds. The molecule has 0 bridgehead atoms. The van der Waals surface area contributed by atoms with E-state index in [1.165, 1.54) is 4.31 Å². The summed E-state index contributed by atoms with van der Waals surface area (Å²) < 4.78 is 27.2. The molecule has 5 nitrogen and oxygen atoms in total. The third-order valence-corrected chi connectivity index (χ3v) is 6.31. The lowest BCUT2D eigenvalue weighted by molar-refractivity contribution is 0.108. The third-order valence-electron chi connectivity index (χ3n) is 4.36. The van der Waals surface area contributed by atoms with Crippen LogP contribution in [0.1, 0.15) is 30.4 Å². The summed E-state index contributed by atoms with van der Waals surface area (Å²) >= 11 is 0. The van der Waals surface area contributed by atoms with Crippen molar-refractivity contribution in [3.05, 3.63) is 23.3 Å². The Morgan fingerprint density at radius 1 is 1.33 bits per heavy atom. The quantitative estimate of drug-likeness (QED) is 0.868. The van der Waals surface area contributed by atoms with E-state index in [0.29, 0.717) is 24.3 Å². The number of hydrogen-bond acceptors (Lipinski definition) is 4. The first-order chi connectivity index (χ1) is 10.00. The van der Waals surface area contributed by atoms with E-state index in [0.717, 1.165) is 36.2 Å². The van der Waals surface area contributed by atoms with Gasteiger partial charge in [-0.1, -0.05) is 6.07 Å². The Bertz CT molecular complexity index is 643. The molecular formula is C15H22N2O3S. The van der Waals surface area contributed by atoms with Gasteiger partial charge in [0, 0.05) is 25.3 Å². The highest BCUT2D eigenvalue weighted by atomic mass is 32.2. The van der Waals surface area contributed by atoms with E-state index in [1.54, 1.807) is 6.07 Å². The molecule has 0 saturated carbocycles. The highest BCUT2D eigenvalue weighted by Gasteiger charge is 2.32. The van der Waals surface area contributed by atoms with Gasteiger partial charge in [-0.3, -0.25) is 0 Å². The van der Waals surface area contributed by atoms with Crippen LogP contribution in [-0.4, -0.2) is 43.6 Å². The number of sulfonamides is 1. The molecule has 1 aromatic rings. The Hall–Kier alpha value is -1.11. The third kappa shape index (κ3) is 2.67. The Morgan fingerprint density at radius 2 is 2.14 bits per heavy atom. The second-order valence-corrected chi connectivity index (χ2v) is 7.83. The number of rotatable bonds is 2. The first kappa shape index (κ1) is 14.8. The number of β-amino-alcohol motifs (C(OH)–C–C–N with tert-alkyl or cyclic N) is 1. The van der Waals surface area contributed by atoms with Crippen molar-refractivity contribution in [2.24, 2.45) is 0 Å². The molecule has 21 heavy (non-hydrogen) atoms. The van der Waals surface area contributed by atoms with Gasteiger partial charge in [0.2, 0.25) is 10.0 Å². The smallest absolute Gasteiger partial charge is 0.243 e. The van der Waals surface area contributed by atoms with E-state index in [9.17, 15) is 13.5 Å². The van der Waals surface area contributed by atoms with E-state index in [2.05, 4.69) is 5.32 Å². The molecular weight excluding hydrogens is 288 g/mol. The maximum atomic E-state index is 12.9. The summed E-state index contributed by atoms with van der Waals surface area (Å²) in [5.74, 6) is 0. The molecule has 0 aliphatic carbocycles. The lowest BCUT2D eigenvalue weighted by Gasteiger charge is -2.31. The predicted molar refractivity (Wildman–Crippen MR) is 82.0 cm³/mol. The van der Waals surface area contributed by atoms with Crippen LogP contribution in [0.15, 0.2) is 17.0 Å². The van der Waals surface area contributed by atoms with E-state index in [4.69, 9.17) is 0 Å². The molecule has 1 fully saturated rings. The van der Waals surface area contributed by atoms with Crippen LogP contribution >= 0.6 is 0 Å². The second-order valence-electron chi connectivity index (χ2n) is 5.92. The minimum Gasteiger partial charge on any atom is -0.392 e. The Morgan fingerprint density at radius 3 is 2.90 bits per heavy atom. The maximum Gasteiger partial charge on any atom is 0.243 e. The number of aliphatic hydroxyl groups is 1. The monoisotopic (exact) mass is 310 g/mol. The van der Waals surface area contributed by atoms with Crippen LogP contribution in [-0.2, 0) is 16.4 Å². The zero-order valence-electron chi connectivity index (χ0n) is 12.3. The molecule has 1 aromatic carbocycles. The zero-order chi connectivity index (χ0) is 15.0. The van der Waals surface area contributed by atoms with Gasteiger partial charge >= 0.3 is 0 Å². The number of aliphatic hydroxyl groups excluding tert-OH is 1. The molecule has 0 aromatic heterocycles.